The molecule has 1 saturated heterocycles. The summed E-state index contributed by atoms with van der Waals surface area (Å²) in [5, 5.41) is 5.17. The third-order valence-electron chi connectivity index (χ3n) is 5.57. The second kappa shape index (κ2) is 7.40. The zero-order valence-electron chi connectivity index (χ0n) is 17.0. The van der Waals surface area contributed by atoms with Crippen LogP contribution in [0.2, 0.25) is 0 Å². The normalized spacial score (nSPS) is 14.5. The highest BCUT2D eigenvalue weighted by Crippen LogP contribution is 2.33. The number of para-hydroxylation sites is 2. The summed E-state index contributed by atoms with van der Waals surface area (Å²) in [5.74, 6) is 1.71. The molecule has 0 N–H and O–H groups in total. The standard InChI is InChI=1S/C23H22FN5O/c1-15-6-5-7-17-14-18(22-25-16(2)30-27-22)23(26-21(15)17)29-12-10-28(11-13-29)20-9-4-3-8-19(20)24/h3-9,14H,10-13H2,1-2H3. The number of nitrogens with zero attached hydrogens (tertiary/aromatic N) is 5. The van der Waals surface area contributed by atoms with Crippen LogP contribution in [-0.4, -0.2) is 41.3 Å². The van der Waals surface area contributed by atoms with E-state index in [-0.39, 0.29) is 5.82 Å². The van der Waals surface area contributed by atoms with Crippen LogP contribution in [-0.2, 0) is 0 Å². The quantitative estimate of drug-likeness (QED) is 0.506. The number of anilines is 2. The molecule has 6 nitrogen and oxygen atoms in total. The van der Waals surface area contributed by atoms with E-state index in [1.54, 1.807) is 13.0 Å². The van der Waals surface area contributed by atoms with Gasteiger partial charge in [0.05, 0.1) is 16.8 Å². The number of hydrogen-bond acceptors (Lipinski definition) is 6. The van der Waals surface area contributed by atoms with E-state index >= 15 is 0 Å². The first-order valence-corrected chi connectivity index (χ1v) is 10.1. The summed E-state index contributed by atoms with van der Waals surface area (Å²) >= 11 is 0. The summed E-state index contributed by atoms with van der Waals surface area (Å²) in [6.45, 7) is 6.71. The van der Waals surface area contributed by atoms with Crippen molar-refractivity contribution in [3.8, 4) is 11.4 Å². The first-order valence-electron chi connectivity index (χ1n) is 10.1. The molecule has 2 aromatic carbocycles. The lowest BCUT2D eigenvalue weighted by Gasteiger charge is -2.37. The zero-order valence-corrected chi connectivity index (χ0v) is 17.0. The number of benzene rings is 2. The van der Waals surface area contributed by atoms with Crippen LogP contribution in [0.1, 0.15) is 11.5 Å². The Labute approximate surface area is 174 Å². The number of halogens is 1. The van der Waals surface area contributed by atoms with Gasteiger partial charge in [0.2, 0.25) is 11.7 Å². The molecule has 0 unspecified atom stereocenters. The van der Waals surface area contributed by atoms with Gasteiger partial charge in [-0.15, -0.1) is 0 Å². The Kier molecular flexibility index (Phi) is 4.58. The third kappa shape index (κ3) is 3.26. The molecule has 0 saturated carbocycles. The number of aromatic nitrogens is 3. The third-order valence-corrected chi connectivity index (χ3v) is 5.57. The monoisotopic (exact) mass is 403 g/mol. The molecule has 5 rings (SSSR count). The van der Waals surface area contributed by atoms with Gasteiger partial charge in [0.25, 0.3) is 0 Å². The minimum absolute atomic E-state index is 0.187. The fourth-order valence-electron chi connectivity index (χ4n) is 4.02. The lowest BCUT2D eigenvalue weighted by molar-refractivity contribution is 0.394. The second-order valence-electron chi connectivity index (χ2n) is 7.57. The van der Waals surface area contributed by atoms with Crippen LogP contribution in [0.3, 0.4) is 0 Å². The van der Waals surface area contributed by atoms with Gasteiger partial charge in [-0.25, -0.2) is 9.37 Å². The van der Waals surface area contributed by atoms with Crippen molar-refractivity contribution in [2.45, 2.75) is 13.8 Å². The number of pyridine rings is 1. The van der Waals surface area contributed by atoms with Crippen LogP contribution < -0.4 is 9.80 Å². The topological polar surface area (TPSA) is 58.3 Å². The highest BCUT2D eigenvalue weighted by molar-refractivity contribution is 5.90. The molecule has 0 amide bonds. The number of hydrogen-bond donors (Lipinski definition) is 0. The molecule has 152 valence electrons. The van der Waals surface area contributed by atoms with Gasteiger partial charge in [0.15, 0.2) is 0 Å². The number of aryl methyl sites for hydroxylation is 2. The van der Waals surface area contributed by atoms with Gasteiger partial charge in [-0.05, 0) is 30.7 Å². The molecule has 0 aliphatic carbocycles. The van der Waals surface area contributed by atoms with Crippen LogP contribution in [0.25, 0.3) is 22.3 Å². The molecule has 1 aliphatic rings. The molecule has 0 spiro atoms. The minimum Gasteiger partial charge on any atom is -0.366 e. The maximum absolute atomic E-state index is 14.2. The van der Waals surface area contributed by atoms with Crippen molar-refractivity contribution >= 4 is 22.4 Å². The largest absolute Gasteiger partial charge is 0.366 e. The summed E-state index contributed by atoms with van der Waals surface area (Å²) in [4.78, 5) is 13.8. The van der Waals surface area contributed by atoms with E-state index in [0.717, 1.165) is 40.9 Å². The van der Waals surface area contributed by atoms with Gasteiger partial charge >= 0.3 is 0 Å². The highest BCUT2D eigenvalue weighted by Gasteiger charge is 2.24. The minimum atomic E-state index is -0.187. The lowest BCUT2D eigenvalue weighted by atomic mass is 10.1. The first-order chi connectivity index (χ1) is 14.6. The van der Waals surface area contributed by atoms with Crippen LogP contribution in [0.5, 0.6) is 0 Å². The Bertz CT molecular complexity index is 1210. The summed E-state index contributed by atoms with van der Waals surface area (Å²) in [6.07, 6.45) is 0. The fraction of sp³-hybridized carbons (Fsp3) is 0.261. The molecule has 0 radical (unpaired) electrons. The summed E-state index contributed by atoms with van der Waals surface area (Å²) in [5.41, 5.74) is 3.58. The predicted octanol–water partition coefficient (Wildman–Crippen LogP) is 4.37. The Hall–Kier alpha value is -3.48. The average molecular weight is 403 g/mol. The Morgan fingerprint density at radius 1 is 0.900 bits per heavy atom. The summed E-state index contributed by atoms with van der Waals surface area (Å²) in [6, 6.07) is 15.1. The highest BCUT2D eigenvalue weighted by atomic mass is 19.1. The summed E-state index contributed by atoms with van der Waals surface area (Å²) in [7, 11) is 0. The molecule has 7 heteroatoms. The van der Waals surface area contributed by atoms with Crippen molar-refractivity contribution in [2.75, 3.05) is 36.0 Å². The van der Waals surface area contributed by atoms with Crippen LogP contribution in [0.4, 0.5) is 15.9 Å². The molecule has 30 heavy (non-hydrogen) atoms. The van der Waals surface area contributed by atoms with E-state index in [1.807, 2.05) is 24.3 Å². The Balaban J connectivity index is 1.52. The van der Waals surface area contributed by atoms with E-state index in [4.69, 9.17) is 9.51 Å². The number of rotatable bonds is 3. The van der Waals surface area contributed by atoms with Crippen molar-refractivity contribution in [3.63, 3.8) is 0 Å². The van der Waals surface area contributed by atoms with Crippen molar-refractivity contribution in [1.82, 2.24) is 15.1 Å². The molecule has 1 aliphatic heterocycles. The summed E-state index contributed by atoms with van der Waals surface area (Å²) < 4.78 is 19.4. The number of fused-ring (bicyclic) bond motifs is 1. The van der Waals surface area contributed by atoms with Crippen molar-refractivity contribution in [1.29, 1.82) is 0 Å². The van der Waals surface area contributed by atoms with E-state index in [9.17, 15) is 4.39 Å². The lowest BCUT2D eigenvalue weighted by Crippen LogP contribution is -2.47. The molecule has 0 bridgehead atoms. The zero-order chi connectivity index (χ0) is 20.7. The van der Waals surface area contributed by atoms with Crippen LogP contribution >= 0.6 is 0 Å². The van der Waals surface area contributed by atoms with Crippen LogP contribution in [0, 0.1) is 19.7 Å². The van der Waals surface area contributed by atoms with Gasteiger partial charge in [0, 0.05) is 38.5 Å². The van der Waals surface area contributed by atoms with Gasteiger partial charge in [-0.2, -0.15) is 4.98 Å². The van der Waals surface area contributed by atoms with Crippen LogP contribution in [0.15, 0.2) is 53.1 Å². The maximum atomic E-state index is 14.2. The van der Waals surface area contributed by atoms with Gasteiger partial charge in [-0.3, -0.25) is 0 Å². The smallest absolute Gasteiger partial charge is 0.223 e. The number of piperazine rings is 1. The SMILES string of the molecule is Cc1nc(-c2cc3cccc(C)c3nc2N2CCN(c3ccccc3F)CC2)no1. The van der Waals surface area contributed by atoms with E-state index in [1.165, 1.54) is 6.07 Å². The van der Waals surface area contributed by atoms with Gasteiger partial charge in [0.1, 0.15) is 11.6 Å². The molecular weight excluding hydrogens is 381 g/mol. The average Bonchev–Trinajstić information content (AvgIpc) is 3.20. The molecule has 1 fully saturated rings. The van der Waals surface area contributed by atoms with Gasteiger partial charge < -0.3 is 14.3 Å². The van der Waals surface area contributed by atoms with E-state index < -0.39 is 0 Å². The Morgan fingerprint density at radius 2 is 1.67 bits per heavy atom. The van der Waals surface area contributed by atoms with E-state index in [2.05, 4.69) is 39.0 Å². The van der Waals surface area contributed by atoms with Crippen molar-refractivity contribution in [2.24, 2.45) is 0 Å². The molecule has 3 heterocycles. The molecular formula is C23H22FN5O. The molecule has 4 aromatic rings. The van der Waals surface area contributed by atoms with Gasteiger partial charge in [-0.1, -0.05) is 35.5 Å². The molecule has 2 aromatic heterocycles. The maximum Gasteiger partial charge on any atom is 0.223 e. The molecule has 0 atom stereocenters. The van der Waals surface area contributed by atoms with Crippen molar-refractivity contribution in [3.05, 3.63) is 65.8 Å². The first kappa shape index (κ1) is 18.5. The Morgan fingerprint density at radius 3 is 2.40 bits per heavy atom. The predicted molar refractivity (Wildman–Crippen MR) is 115 cm³/mol. The fourth-order valence-corrected chi connectivity index (χ4v) is 4.02. The van der Waals surface area contributed by atoms with E-state index in [0.29, 0.717) is 30.5 Å². The second-order valence-corrected chi connectivity index (χ2v) is 7.57. The van der Waals surface area contributed by atoms with Crippen molar-refractivity contribution < 1.29 is 8.91 Å².